The molecule has 18 heavy (non-hydrogen) atoms. The first-order chi connectivity index (χ1) is 8.69. The van der Waals surface area contributed by atoms with E-state index in [1.807, 2.05) is 6.07 Å². The van der Waals surface area contributed by atoms with E-state index < -0.39 is 0 Å². The number of benzene rings is 1. The number of rotatable bonds is 4. The lowest BCUT2D eigenvalue weighted by Crippen LogP contribution is -2.33. The number of hydrogen-bond donors (Lipinski definition) is 1. The Balaban J connectivity index is 1.83. The zero-order valence-corrected chi connectivity index (χ0v) is 11.6. The van der Waals surface area contributed by atoms with E-state index in [2.05, 4.69) is 24.4 Å². The maximum atomic E-state index is 6.52. The molecular formula is C15H20ClNO. The van der Waals surface area contributed by atoms with Crippen LogP contribution in [0.15, 0.2) is 18.2 Å². The van der Waals surface area contributed by atoms with Gasteiger partial charge < -0.3 is 10.1 Å². The van der Waals surface area contributed by atoms with Gasteiger partial charge in [0.15, 0.2) is 0 Å². The molecular weight excluding hydrogens is 246 g/mol. The molecule has 1 N–H and O–H groups in total. The van der Waals surface area contributed by atoms with Gasteiger partial charge in [-0.25, -0.2) is 0 Å². The minimum atomic E-state index is 0.00995. The van der Waals surface area contributed by atoms with Crippen molar-refractivity contribution >= 4 is 11.6 Å². The summed E-state index contributed by atoms with van der Waals surface area (Å²) in [4.78, 5) is 0. The summed E-state index contributed by atoms with van der Waals surface area (Å²) in [5, 5.41) is 4.34. The minimum Gasteiger partial charge on any atom is -0.492 e. The Morgan fingerprint density at radius 2 is 2.28 bits per heavy atom. The lowest BCUT2D eigenvalue weighted by Gasteiger charge is -2.27. The van der Waals surface area contributed by atoms with Crippen molar-refractivity contribution in [3.63, 3.8) is 0 Å². The van der Waals surface area contributed by atoms with Gasteiger partial charge >= 0.3 is 0 Å². The van der Waals surface area contributed by atoms with Gasteiger partial charge in [0.25, 0.3) is 0 Å². The second-order valence-electron chi connectivity index (χ2n) is 5.73. The molecule has 1 saturated heterocycles. The summed E-state index contributed by atoms with van der Waals surface area (Å²) in [6.07, 6.45) is 4.95. The SMILES string of the molecule is CC1(c2cccc(OCC3CC3)c2Cl)CCCN1. The number of halogens is 1. The molecule has 1 saturated carbocycles. The van der Waals surface area contributed by atoms with Crippen LogP contribution in [0.4, 0.5) is 0 Å². The van der Waals surface area contributed by atoms with Crippen LogP contribution >= 0.6 is 11.6 Å². The summed E-state index contributed by atoms with van der Waals surface area (Å²) in [5.74, 6) is 1.60. The Bertz CT molecular complexity index is 436. The molecule has 2 aliphatic rings. The van der Waals surface area contributed by atoms with Gasteiger partial charge in [-0.1, -0.05) is 23.7 Å². The summed E-state index contributed by atoms with van der Waals surface area (Å²) < 4.78 is 5.85. The van der Waals surface area contributed by atoms with E-state index >= 15 is 0 Å². The topological polar surface area (TPSA) is 21.3 Å². The van der Waals surface area contributed by atoms with Crippen molar-refractivity contribution in [2.45, 2.75) is 38.1 Å². The van der Waals surface area contributed by atoms with Gasteiger partial charge in [0.2, 0.25) is 0 Å². The predicted octanol–water partition coefficient (Wildman–Crippen LogP) is 3.73. The van der Waals surface area contributed by atoms with Crippen LogP contribution in [0.2, 0.25) is 5.02 Å². The minimum absolute atomic E-state index is 0.00995. The van der Waals surface area contributed by atoms with E-state index in [4.69, 9.17) is 16.3 Å². The second kappa shape index (κ2) is 4.75. The predicted molar refractivity (Wildman–Crippen MR) is 74.3 cm³/mol. The molecule has 1 aliphatic carbocycles. The van der Waals surface area contributed by atoms with Crippen LogP contribution in [0.1, 0.15) is 38.2 Å². The molecule has 2 fully saturated rings. The van der Waals surface area contributed by atoms with E-state index in [0.717, 1.165) is 36.3 Å². The first kappa shape index (κ1) is 12.3. The van der Waals surface area contributed by atoms with E-state index in [9.17, 15) is 0 Å². The van der Waals surface area contributed by atoms with Crippen molar-refractivity contribution in [2.75, 3.05) is 13.2 Å². The zero-order chi connectivity index (χ0) is 12.6. The van der Waals surface area contributed by atoms with Crippen LogP contribution in [0, 0.1) is 5.92 Å². The van der Waals surface area contributed by atoms with E-state index in [1.54, 1.807) is 0 Å². The van der Waals surface area contributed by atoms with Gasteiger partial charge in [-0.3, -0.25) is 0 Å². The monoisotopic (exact) mass is 265 g/mol. The van der Waals surface area contributed by atoms with Crippen LogP contribution in [0.3, 0.4) is 0 Å². The molecule has 0 spiro atoms. The molecule has 1 atom stereocenters. The van der Waals surface area contributed by atoms with Crippen molar-refractivity contribution in [1.29, 1.82) is 0 Å². The molecule has 1 heterocycles. The number of hydrogen-bond acceptors (Lipinski definition) is 2. The Hall–Kier alpha value is -0.730. The maximum Gasteiger partial charge on any atom is 0.138 e. The quantitative estimate of drug-likeness (QED) is 0.896. The van der Waals surface area contributed by atoms with Crippen LogP contribution in [-0.4, -0.2) is 13.2 Å². The molecule has 0 bridgehead atoms. The molecule has 3 rings (SSSR count). The fraction of sp³-hybridized carbons (Fsp3) is 0.600. The van der Waals surface area contributed by atoms with Gasteiger partial charge in [0.05, 0.1) is 11.6 Å². The highest BCUT2D eigenvalue weighted by atomic mass is 35.5. The van der Waals surface area contributed by atoms with Crippen LogP contribution in [0.25, 0.3) is 0 Å². The normalized spacial score (nSPS) is 27.4. The molecule has 0 radical (unpaired) electrons. The Morgan fingerprint density at radius 1 is 1.44 bits per heavy atom. The third kappa shape index (κ3) is 2.36. The molecule has 1 unspecified atom stereocenters. The van der Waals surface area contributed by atoms with Crippen molar-refractivity contribution in [3.05, 3.63) is 28.8 Å². The van der Waals surface area contributed by atoms with Crippen LogP contribution < -0.4 is 10.1 Å². The fourth-order valence-corrected chi connectivity index (χ4v) is 3.05. The van der Waals surface area contributed by atoms with Gasteiger partial charge in [-0.15, -0.1) is 0 Å². The third-order valence-corrected chi connectivity index (χ3v) is 4.49. The maximum absolute atomic E-state index is 6.52. The standard InChI is InChI=1S/C15H20ClNO/c1-15(8-3-9-17-15)12-4-2-5-13(14(12)16)18-10-11-6-7-11/h2,4-5,11,17H,3,6-10H2,1H3. The van der Waals surface area contributed by atoms with Crippen molar-refractivity contribution in [1.82, 2.24) is 5.32 Å². The lowest BCUT2D eigenvalue weighted by molar-refractivity contribution is 0.298. The Kier molecular flexibility index (Phi) is 3.25. The summed E-state index contributed by atoms with van der Waals surface area (Å²) in [6, 6.07) is 6.14. The summed E-state index contributed by atoms with van der Waals surface area (Å²) >= 11 is 6.52. The molecule has 1 aromatic rings. The van der Waals surface area contributed by atoms with E-state index in [-0.39, 0.29) is 5.54 Å². The van der Waals surface area contributed by atoms with E-state index in [0.29, 0.717) is 0 Å². The highest BCUT2D eigenvalue weighted by Gasteiger charge is 2.32. The van der Waals surface area contributed by atoms with Gasteiger partial charge in [-0.05, 0) is 56.7 Å². The zero-order valence-electron chi connectivity index (χ0n) is 10.8. The number of nitrogens with one attached hydrogen (secondary N) is 1. The first-order valence-electron chi connectivity index (χ1n) is 6.86. The van der Waals surface area contributed by atoms with Gasteiger partial charge in [-0.2, -0.15) is 0 Å². The average molecular weight is 266 g/mol. The molecule has 2 nitrogen and oxygen atoms in total. The van der Waals surface area contributed by atoms with Crippen molar-refractivity contribution in [3.8, 4) is 5.75 Å². The largest absolute Gasteiger partial charge is 0.492 e. The first-order valence-corrected chi connectivity index (χ1v) is 7.24. The van der Waals surface area contributed by atoms with Gasteiger partial charge in [0, 0.05) is 5.54 Å². The molecule has 0 aromatic heterocycles. The smallest absolute Gasteiger partial charge is 0.138 e. The second-order valence-corrected chi connectivity index (χ2v) is 6.11. The summed E-state index contributed by atoms with van der Waals surface area (Å²) in [6.45, 7) is 4.11. The van der Waals surface area contributed by atoms with Crippen LogP contribution in [0.5, 0.6) is 5.75 Å². The highest BCUT2D eigenvalue weighted by Crippen LogP contribution is 2.40. The number of ether oxygens (including phenoxy) is 1. The highest BCUT2D eigenvalue weighted by molar-refractivity contribution is 6.33. The van der Waals surface area contributed by atoms with Crippen molar-refractivity contribution < 1.29 is 4.74 Å². The summed E-state index contributed by atoms with van der Waals surface area (Å²) in [7, 11) is 0. The molecule has 3 heteroatoms. The average Bonchev–Trinajstić information content (AvgIpc) is 3.09. The Morgan fingerprint density at radius 3 is 2.94 bits per heavy atom. The molecule has 1 aliphatic heterocycles. The molecule has 98 valence electrons. The molecule has 1 aromatic carbocycles. The van der Waals surface area contributed by atoms with Crippen molar-refractivity contribution in [2.24, 2.45) is 5.92 Å². The third-order valence-electron chi connectivity index (χ3n) is 4.10. The van der Waals surface area contributed by atoms with Crippen LogP contribution in [-0.2, 0) is 5.54 Å². The molecule has 0 amide bonds. The Labute approximate surface area is 114 Å². The van der Waals surface area contributed by atoms with E-state index in [1.165, 1.54) is 24.8 Å². The fourth-order valence-electron chi connectivity index (χ4n) is 2.67. The lowest BCUT2D eigenvalue weighted by atomic mass is 9.90. The summed E-state index contributed by atoms with van der Waals surface area (Å²) in [5.41, 5.74) is 1.19. The van der Waals surface area contributed by atoms with Gasteiger partial charge in [0.1, 0.15) is 5.75 Å².